The van der Waals surface area contributed by atoms with Gasteiger partial charge in [0.25, 0.3) is 0 Å². The highest BCUT2D eigenvalue weighted by Crippen LogP contribution is 2.33. The molecule has 0 atom stereocenters. The third-order valence-electron chi connectivity index (χ3n) is 4.48. The van der Waals surface area contributed by atoms with Gasteiger partial charge in [0.1, 0.15) is 0 Å². The number of hydrogen-bond acceptors (Lipinski definition) is 1. The van der Waals surface area contributed by atoms with Crippen LogP contribution in [0.2, 0.25) is 0 Å². The number of hydrogen-bond donors (Lipinski definition) is 0. The first-order valence-electron chi connectivity index (χ1n) is 8.90. The van der Waals surface area contributed by atoms with Crippen molar-refractivity contribution in [3.8, 4) is 0 Å². The second-order valence-corrected chi connectivity index (χ2v) is 7.07. The van der Waals surface area contributed by atoms with Crippen LogP contribution < -0.4 is 0 Å². The molecule has 1 aliphatic rings. The average molecular weight is 317 g/mol. The summed E-state index contributed by atoms with van der Waals surface area (Å²) in [5.74, 6) is 0.714. The van der Waals surface area contributed by atoms with Crippen LogP contribution >= 0.6 is 0 Å². The molecule has 0 bridgehead atoms. The van der Waals surface area contributed by atoms with Crippen molar-refractivity contribution in [3.05, 3.63) is 76.9 Å². The Morgan fingerprint density at radius 2 is 1.42 bits per heavy atom. The molecule has 0 N–H and O–H groups in total. The van der Waals surface area contributed by atoms with Crippen LogP contribution in [0.4, 0.5) is 0 Å². The minimum Gasteiger partial charge on any atom is -0.306 e. The van der Waals surface area contributed by atoms with E-state index >= 15 is 0 Å². The lowest BCUT2D eigenvalue weighted by atomic mass is 9.93. The smallest absolute Gasteiger partial charge is 0.00133 e. The van der Waals surface area contributed by atoms with Gasteiger partial charge in [-0.25, -0.2) is 0 Å². The van der Waals surface area contributed by atoms with Crippen molar-refractivity contribution in [3.63, 3.8) is 0 Å². The Hall–Kier alpha value is -2.12. The molecule has 24 heavy (non-hydrogen) atoms. The zero-order valence-electron chi connectivity index (χ0n) is 15.0. The van der Waals surface area contributed by atoms with Gasteiger partial charge in [-0.1, -0.05) is 80.6 Å². The van der Waals surface area contributed by atoms with Crippen LogP contribution in [0.5, 0.6) is 0 Å². The van der Waals surface area contributed by atoms with Crippen molar-refractivity contribution in [2.75, 3.05) is 20.1 Å². The molecule has 0 saturated heterocycles. The summed E-state index contributed by atoms with van der Waals surface area (Å²) in [7, 11) is 2.22. The van der Waals surface area contributed by atoms with Gasteiger partial charge in [0.2, 0.25) is 0 Å². The summed E-state index contributed by atoms with van der Waals surface area (Å²) in [6, 6.07) is 17.4. The summed E-state index contributed by atoms with van der Waals surface area (Å²) in [6.45, 7) is 6.80. The summed E-state index contributed by atoms with van der Waals surface area (Å²) in [5, 5.41) is 0. The SMILES string of the molecule is CC(C)CN(C)CCC=C1c2ccccc2C=Cc2ccccc21. The van der Waals surface area contributed by atoms with E-state index in [9.17, 15) is 0 Å². The van der Waals surface area contributed by atoms with Gasteiger partial charge in [-0.3, -0.25) is 0 Å². The Balaban J connectivity index is 1.91. The Kier molecular flexibility index (Phi) is 5.32. The maximum Gasteiger partial charge on any atom is 0.00133 e. The maximum atomic E-state index is 2.43. The van der Waals surface area contributed by atoms with Crippen LogP contribution in [-0.4, -0.2) is 25.0 Å². The first-order valence-corrected chi connectivity index (χ1v) is 8.90. The van der Waals surface area contributed by atoms with Gasteiger partial charge < -0.3 is 4.90 Å². The summed E-state index contributed by atoms with van der Waals surface area (Å²) < 4.78 is 0. The molecule has 0 saturated carbocycles. The van der Waals surface area contributed by atoms with Gasteiger partial charge in [0, 0.05) is 13.1 Å². The molecule has 1 aliphatic carbocycles. The highest BCUT2D eigenvalue weighted by molar-refractivity contribution is 5.93. The van der Waals surface area contributed by atoms with Crippen LogP contribution in [0.3, 0.4) is 0 Å². The molecule has 0 amide bonds. The standard InChI is InChI=1S/C23H27N/c1-18(2)17-24(3)16-8-13-23-21-11-6-4-9-19(21)14-15-20-10-5-7-12-22(20)23/h4-7,9-15,18H,8,16-17H2,1-3H3. The largest absolute Gasteiger partial charge is 0.306 e. The molecule has 0 spiro atoms. The zero-order valence-corrected chi connectivity index (χ0v) is 15.0. The van der Waals surface area contributed by atoms with E-state index in [0.29, 0.717) is 5.92 Å². The van der Waals surface area contributed by atoms with Crippen LogP contribution in [0, 0.1) is 5.92 Å². The summed E-state index contributed by atoms with van der Waals surface area (Å²) in [5.41, 5.74) is 6.64. The fourth-order valence-electron chi connectivity index (χ4n) is 3.46. The van der Waals surface area contributed by atoms with Crippen molar-refractivity contribution >= 4 is 17.7 Å². The van der Waals surface area contributed by atoms with E-state index in [4.69, 9.17) is 0 Å². The molecular weight excluding hydrogens is 290 g/mol. The molecule has 1 nitrogen and oxygen atoms in total. The number of nitrogens with zero attached hydrogens (tertiary/aromatic N) is 1. The van der Waals surface area contributed by atoms with E-state index < -0.39 is 0 Å². The lowest BCUT2D eigenvalue weighted by molar-refractivity contribution is 0.301. The van der Waals surface area contributed by atoms with Gasteiger partial charge in [0.15, 0.2) is 0 Å². The van der Waals surface area contributed by atoms with E-state index in [0.717, 1.165) is 19.5 Å². The molecule has 1 heteroatoms. The van der Waals surface area contributed by atoms with E-state index in [2.05, 4.69) is 92.6 Å². The van der Waals surface area contributed by atoms with Gasteiger partial charge in [0.05, 0.1) is 0 Å². The molecule has 0 unspecified atom stereocenters. The topological polar surface area (TPSA) is 3.24 Å². The Labute approximate surface area is 146 Å². The predicted octanol–water partition coefficient (Wildman–Crippen LogP) is 5.58. The summed E-state index contributed by atoms with van der Waals surface area (Å²) in [4.78, 5) is 2.43. The average Bonchev–Trinajstić information content (AvgIpc) is 2.72. The number of benzene rings is 2. The minimum atomic E-state index is 0.714. The zero-order chi connectivity index (χ0) is 16.9. The lowest BCUT2D eigenvalue weighted by Gasteiger charge is -2.18. The number of fused-ring (bicyclic) bond motifs is 2. The highest BCUT2D eigenvalue weighted by Gasteiger charge is 2.14. The monoisotopic (exact) mass is 317 g/mol. The van der Waals surface area contributed by atoms with Gasteiger partial charge >= 0.3 is 0 Å². The van der Waals surface area contributed by atoms with Gasteiger partial charge in [-0.15, -0.1) is 0 Å². The van der Waals surface area contributed by atoms with Crippen molar-refractivity contribution in [2.24, 2.45) is 5.92 Å². The third kappa shape index (κ3) is 3.85. The van der Waals surface area contributed by atoms with Crippen LogP contribution in [0.1, 0.15) is 42.5 Å². The van der Waals surface area contributed by atoms with Gasteiger partial charge in [-0.05, 0) is 47.2 Å². The van der Waals surface area contributed by atoms with Crippen LogP contribution in [0.15, 0.2) is 54.6 Å². The fourth-order valence-corrected chi connectivity index (χ4v) is 3.46. The quantitative estimate of drug-likeness (QED) is 0.594. The van der Waals surface area contributed by atoms with Crippen molar-refractivity contribution < 1.29 is 0 Å². The second kappa shape index (κ2) is 7.63. The molecule has 0 fully saturated rings. The number of rotatable bonds is 5. The molecular formula is C23H27N. The molecule has 0 aliphatic heterocycles. The molecule has 0 heterocycles. The summed E-state index contributed by atoms with van der Waals surface area (Å²) >= 11 is 0. The Bertz CT molecular complexity index is 701. The molecule has 0 radical (unpaired) electrons. The van der Waals surface area contributed by atoms with E-state index in [1.165, 1.54) is 27.8 Å². The Morgan fingerprint density at radius 1 is 0.875 bits per heavy atom. The molecule has 2 aromatic rings. The second-order valence-electron chi connectivity index (χ2n) is 7.07. The minimum absolute atomic E-state index is 0.714. The summed E-state index contributed by atoms with van der Waals surface area (Å²) in [6.07, 6.45) is 7.96. The predicted molar refractivity (Wildman–Crippen MR) is 106 cm³/mol. The van der Waals surface area contributed by atoms with E-state index in [1.807, 2.05) is 0 Å². The van der Waals surface area contributed by atoms with Crippen molar-refractivity contribution in [1.82, 2.24) is 4.90 Å². The highest BCUT2D eigenvalue weighted by atomic mass is 15.1. The molecule has 3 rings (SSSR count). The first kappa shape index (κ1) is 16.7. The third-order valence-corrected chi connectivity index (χ3v) is 4.48. The van der Waals surface area contributed by atoms with Crippen LogP contribution in [0.25, 0.3) is 17.7 Å². The maximum absolute atomic E-state index is 2.43. The van der Waals surface area contributed by atoms with E-state index in [-0.39, 0.29) is 0 Å². The fraction of sp³-hybridized carbons (Fsp3) is 0.304. The lowest BCUT2D eigenvalue weighted by Crippen LogP contribution is -2.24. The normalized spacial score (nSPS) is 13.0. The molecule has 2 aromatic carbocycles. The first-order chi connectivity index (χ1) is 11.6. The molecule has 0 aromatic heterocycles. The van der Waals surface area contributed by atoms with Crippen LogP contribution in [-0.2, 0) is 0 Å². The van der Waals surface area contributed by atoms with E-state index in [1.54, 1.807) is 0 Å². The van der Waals surface area contributed by atoms with Crippen molar-refractivity contribution in [1.29, 1.82) is 0 Å². The Morgan fingerprint density at radius 3 is 1.96 bits per heavy atom. The van der Waals surface area contributed by atoms with Gasteiger partial charge in [-0.2, -0.15) is 0 Å². The molecule has 124 valence electrons. The van der Waals surface area contributed by atoms with Crippen molar-refractivity contribution in [2.45, 2.75) is 20.3 Å².